The van der Waals surface area contributed by atoms with Crippen molar-refractivity contribution in [1.82, 2.24) is 0 Å². The van der Waals surface area contributed by atoms with Gasteiger partial charge in [-0.15, -0.1) is 0 Å². The molecule has 3 nitrogen and oxygen atoms in total. The van der Waals surface area contributed by atoms with Crippen LogP contribution in [0.4, 0.5) is 5.69 Å². The van der Waals surface area contributed by atoms with Gasteiger partial charge in [0.25, 0.3) is 0 Å². The van der Waals surface area contributed by atoms with Crippen molar-refractivity contribution < 1.29 is 5.11 Å². The molecule has 1 aromatic rings. The van der Waals surface area contributed by atoms with Crippen LogP contribution in [0, 0.1) is 0 Å². The topological polar surface area (TPSA) is 58.3 Å². The Hall–Kier alpha value is -0.840. The van der Waals surface area contributed by atoms with Gasteiger partial charge >= 0.3 is 0 Å². The summed E-state index contributed by atoms with van der Waals surface area (Å²) in [6.07, 6.45) is 3.54. The van der Waals surface area contributed by atoms with Crippen LogP contribution in [0.1, 0.15) is 31.2 Å². The van der Waals surface area contributed by atoms with Crippen molar-refractivity contribution in [2.24, 2.45) is 5.73 Å². The number of benzene rings is 1. The van der Waals surface area contributed by atoms with Crippen LogP contribution >= 0.6 is 23.8 Å². The minimum absolute atomic E-state index is 0.136. The van der Waals surface area contributed by atoms with E-state index in [0.717, 1.165) is 31.4 Å². The third kappa shape index (κ3) is 3.34. The first-order valence-corrected chi connectivity index (χ1v) is 6.89. The van der Waals surface area contributed by atoms with Gasteiger partial charge in [0.1, 0.15) is 4.99 Å². The molecule has 98 valence electrons. The van der Waals surface area contributed by atoms with Gasteiger partial charge in [-0.05, 0) is 43.9 Å². The standard InChI is InChI=1S/C13H17ClN2OS/c14-12-7-9(3-6-11(12)13(15)18)16-8-1-4-10(17)5-2-8/h3,6-8,10,16-17H,1-2,4-5H2,(H2,15,18). The molecule has 0 unspecified atom stereocenters. The summed E-state index contributed by atoms with van der Waals surface area (Å²) in [5.41, 5.74) is 7.24. The Labute approximate surface area is 117 Å². The van der Waals surface area contributed by atoms with E-state index < -0.39 is 0 Å². The van der Waals surface area contributed by atoms with E-state index in [1.807, 2.05) is 18.2 Å². The fourth-order valence-electron chi connectivity index (χ4n) is 2.26. The molecule has 0 atom stereocenters. The summed E-state index contributed by atoms with van der Waals surface area (Å²) in [6.45, 7) is 0. The van der Waals surface area contributed by atoms with Gasteiger partial charge in [0.05, 0.1) is 11.1 Å². The summed E-state index contributed by atoms with van der Waals surface area (Å²) in [5, 5.41) is 13.5. The first kappa shape index (κ1) is 13.6. The number of halogens is 1. The van der Waals surface area contributed by atoms with Crippen molar-refractivity contribution in [3.05, 3.63) is 28.8 Å². The highest BCUT2D eigenvalue weighted by Gasteiger charge is 2.19. The number of anilines is 1. The Balaban J connectivity index is 2.02. The summed E-state index contributed by atoms with van der Waals surface area (Å²) in [6, 6.07) is 6.03. The first-order chi connectivity index (χ1) is 8.56. The van der Waals surface area contributed by atoms with E-state index in [1.165, 1.54) is 0 Å². The summed E-state index contributed by atoms with van der Waals surface area (Å²) < 4.78 is 0. The van der Waals surface area contributed by atoms with E-state index in [2.05, 4.69) is 5.32 Å². The lowest BCUT2D eigenvalue weighted by molar-refractivity contribution is 0.126. The van der Waals surface area contributed by atoms with E-state index in [1.54, 1.807) is 0 Å². The average Bonchev–Trinajstić information content (AvgIpc) is 2.32. The largest absolute Gasteiger partial charge is 0.393 e. The highest BCUT2D eigenvalue weighted by Crippen LogP contribution is 2.25. The van der Waals surface area contributed by atoms with Crippen LogP contribution in [0.5, 0.6) is 0 Å². The maximum atomic E-state index is 9.46. The fourth-order valence-corrected chi connectivity index (χ4v) is 2.78. The monoisotopic (exact) mass is 284 g/mol. The maximum absolute atomic E-state index is 9.46. The van der Waals surface area contributed by atoms with E-state index in [-0.39, 0.29) is 6.10 Å². The molecular weight excluding hydrogens is 268 g/mol. The van der Waals surface area contributed by atoms with Gasteiger partial charge in [0.15, 0.2) is 0 Å². The smallest absolute Gasteiger partial charge is 0.105 e. The van der Waals surface area contributed by atoms with Crippen molar-refractivity contribution in [2.45, 2.75) is 37.8 Å². The number of aliphatic hydroxyl groups excluding tert-OH is 1. The minimum atomic E-state index is -0.136. The second kappa shape index (κ2) is 5.87. The third-order valence-corrected chi connectivity index (χ3v) is 3.83. The van der Waals surface area contributed by atoms with Crippen LogP contribution in [0.2, 0.25) is 5.02 Å². The van der Waals surface area contributed by atoms with Gasteiger partial charge in [-0.3, -0.25) is 0 Å². The zero-order valence-corrected chi connectivity index (χ0v) is 11.6. The Morgan fingerprint density at radius 1 is 1.33 bits per heavy atom. The van der Waals surface area contributed by atoms with Gasteiger partial charge < -0.3 is 16.2 Å². The van der Waals surface area contributed by atoms with Crippen molar-refractivity contribution in [3.63, 3.8) is 0 Å². The molecule has 1 aromatic carbocycles. The van der Waals surface area contributed by atoms with Gasteiger partial charge in [-0.25, -0.2) is 0 Å². The van der Waals surface area contributed by atoms with E-state index >= 15 is 0 Å². The Kier molecular flexibility index (Phi) is 4.43. The van der Waals surface area contributed by atoms with Crippen LogP contribution in [-0.4, -0.2) is 22.2 Å². The molecule has 0 saturated heterocycles. The molecule has 0 heterocycles. The molecule has 0 amide bonds. The predicted octanol–water partition coefficient (Wildman–Crippen LogP) is 2.69. The fraction of sp³-hybridized carbons (Fsp3) is 0.462. The van der Waals surface area contributed by atoms with Crippen LogP contribution in [-0.2, 0) is 0 Å². The summed E-state index contributed by atoms with van der Waals surface area (Å²) in [7, 11) is 0. The molecule has 1 fully saturated rings. The number of nitrogens with two attached hydrogens (primary N) is 1. The zero-order valence-electron chi connectivity index (χ0n) is 10.0. The number of thiocarbonyl (C=S) groups is 1. The van der Waals surface area contributed by atoms with E-state index in [4.69, 9.17) is 29.6 Å². The molecule has 0 spiro atoms. The van der Waals surface area contributed by atoms with Crippen molar-refractivity contribution in [1.29, 1.82) is 0 Å². The molecule has 4 N–H and O–H groups in total. The molecule has 0 bridgehead atoms. The number of hydrogen-bond donors (Lipinski definition) is 3. The Morgan fingerprint density at radius 3 is 2.56 bits per heavy atom. The molecule has 1 aliphatic carbocycles. The Morgan fingerprint density at radius 2 is 2.00 bits per heavy atom. The summed E-state index contributed by atoms with van der Waals surface area (Å²) in [5.74, 6) is 0. The Bertz CT molecular complexity index is 445. The second-order valence-electron chi connectivity index (χ2n) is 4.71. The minimum Gasteiger partial charge on any atom is -0.393 e. The van der Waals surface area contributed by atoms with Crippen molar-refractivity contribution in [3.8, 4) is 0 Å². The second-order valence-corrected chi connectivity index (χ2v) is 5.56. The normalized spacial score (nSPS) is 23.7. The molecule has 1 saturated carbocycles. The molecule has 0 aromatic heterocycles. The van der Waals surface area contributed by atoms with Crippen LogP contribution in [0.25, 0.3) is 0 Å². The maximum Gasteiger partial charge on any atom is 0.105 e. The molecule has 5 heteroatoms. The van der Waals surface area contributed by atoms with Crippen LogP contribution in [0.15, 0.2) is 18.2 Å². The highest BCUT2D eigenvalue weighted by molar-refractivity contribution is 7.80. The molecule has 0 aliphatic heterocycles. The zero-order chi connectivity index (χ0) is 13.1. The summed E-state index contributed by atoms with van der Waals surface area (Å²) >= 11 is 11.0. The quantitative estimate of drug-likeness (QED) is 0.747. The predicted molar refractivity (Wildman–Crippen MR) is 79.2 cm³/mol. The number of nitrogens with one attached hydrogen (secondary N) is 1. The van der Waals surface area contributed by atoms with Crippen molar-refractivity contribution in [2.75, 3.05) is 5.32 Å². The lowest BCUT2D eigenvalue weighted by Gasteiger charge is -2.27. The van der Waals surface area contributed by atoms with Gasteiger partial charge in [-0.1, -0.05) is 23.8 Å². The van der Waals surface area contributed by atoms with E-state index in [9.17, 15) is 5.11 Å². The highest BCUT2D eigenvalue weighted by atomic mass is 35.5. The third-order valence-electron chi connectivity index (χ3n) is 3.30. The van der Waals surface area contributed by atoms with Gasteiger partial charge in [0.2, 0.25) is 0 Å². The molecule has 0 radical (unpaired) electrons. The van der Waals surface area contributed by atoms with Crippen LogP contribution < -0.4 is 11.1 Å². The van der Waals surface area contributed by atoms with Crippen molar-refractivity contribution >= 4 is 34.5 Å². The summed E-state index contributed by atoms with van der Waals surface area (Å²) in [4.78, 5) is 0.312. The van der Waals surface area contributed by atoms with Crippen LogP contribution in [0.3, 0.4) is 0 Å². The number of rotatable bonds is 3. The van der Waals surface area contributed by atoms with Gasteiger partial charge in [0, 0.05) is 17.3 Å². The molecule has 1 aliphatic rings. The number of hydrogen-bond acceptors (Lipinski definition) is 3. The lowest BCUT2D eigenvalue weighted by atomic mass is 9.93. The molecular formula is C13H17ClN2OS. The van der Waals surface area contributed by atoms with E-state index in [0.29, 0.717) is 21.6 Å². The molecule has 2 rings (SSSR count). The number of aliphatic hydroxyl groups is 1. The van der Waals surface area contributed by atoms with Gasteiger partial charge in [-0.2, -0.15) is 0 Å². The average molecular weight is 285 g/mol. The lowest BCUT2D eigenvalue weighted by Crippen LogP contribution is -2.28. The molecule has 18 heavy (non-hydrogen) atoms. The first-order valence-electron chi connectivity index (χ1n) is 6.10. The SMILES string of the molecule is NC(=S)c1ccc(NC2CCC(O)CC2)cc1Cl.